The van der Waals surface area contributed by atoms with E-state index >= 15 is 0 Å². The van der Waals surface area contributed by atoms with Crippen molar-refractivity contribution >= 4 is 38.4 Å². The molecule has 0 fully saturated rings. The highest BCUT2D eigenvalue weighted by molar-refractivity contribution is 6.26. The molecule has 0 amide bonds. The quantitative estimate of drug-likeness (QED) is 0.235. The summed E-state index contributed by atoms with van der Waals surface area (Å²) in [4.78, 5) is 18.4. The first-order chi connectivity index (χ1) is 18.8. The van der Waals surface area contributed by atoms with E-state index in [1.165, 1.54) is 32.3 Å². The maximum atomic E-state index is 5.01. The molecular weight excluding hydrogens is 464 g/mol. The lowest BCUT2D eigenvalue weighted by Gasteiger charge is -2.13. The van der Waals surface area contributed by atoms with Crippen LogP contribution in [0.2, 0.25) is 0 Å². The molecule has 7 rings (SSSR count). The maximum Gasteiger partial charge on any atom is 0.160 e. The second-order valence-electron chi connectivity index (χ2n) is 9.25. The third-order valence-electron chi connectivity index (χ3n) is 7.03. The Morgan fingerprint density at radius 3 is 1.58 bits per heavy atom. The second kappa shape index (κ2) is 9.02. The van der Waals surface area contributed by atoms with Gasteiger partial charge in [-0.15, -0.1) is 0 Å². The van der Waals surface area contributed by atoms with Crippen LogP contribution in [0.5, 0.6) is 0 Å². The third kappa shape index (κ3) is 3.71. The van der Waals surface area contributed by atoms with Crippen molar-refractivity contribution in [3.05, 3.63) is 128 Å². The molecule has 0 N–H and O–H groups in total. The van der Waals surface area contributed by atoms with E-state index in [1.54, 1.807) is 24.8 Å². The summed E-state index contributed by atoms with van der Waals surface area (Å²) in [6.45, 7) is 3.96. The van der Waals surface area contributed by atoms with Crippen molar-refractivity contribution in [2.75, 3.05) is 0 Å². The Morgan fingerprint density at radius 2 is 1.00 bits per heavy atom. The summed E-state index contributed by atoms with van der Waals surface area (Å²) in [5, 5.41) is 7.27. The first-order valence-electron chi connectivity index (χ1n) is 12.5. The van der Waals surface area contributed by atoms with Crippen LogP contribution in [0.4, 0.5) is 0 Å². The van der Waals surface area contributed by atoms with Crippen molar-refractivity contribution in [1.82, 2.24) is 19.9 Å². The topological polar surface area (TPSA) is 51.6 Å². The molecule has 0 saturated heterocycles. The van der Waals surface area contributed by atoms with Gasteiger partial charge in [0.25, 0.3) is 0 Å². The Balaban J connectivity index is 1.50. The summed E-state index contributed by atoms with van der Waals surface area (Å²) in [5.74, 6) is 0.680. The van der Waals surface area contributed by atoms with Gasteiger partial charge in [-0.2, -0.15) is 0 Å². The molecule has 0 spiro atoms. The zero-order valence-electron chi connectivity index (χ0n) is 20.5. The monoisotopic (exact) mass is 486 g/mol. The van der Waals surface area contributed by atoms with Gasteiger partial charge in [0.2, 0.25) is 0 Å². The summed E-state index contributed by atoms with van der Waals surface area (Å²) in [5.41, 5.74) is 5.78. The zero-order chi connectivity index (χ0) is 25.5. The lowest BCUT2D eigenvalue weighted by atomic mass is 9.92. The Bertz CT molecular complexity index is 1900. The van der Waals surface area contributed by atoms with Crippen LogP contribution < -0.4 is 0 Å². The highest BCUT2D eigenvalue weighted by atomic mass is 14.9. The molecule has 4 nitrogen and oxygen atoms in total. The fourth-order valence-electron chi connectivity index (χ4n) is 5.16. The van der Waals surface area contributed by atoms with E-state index < -0.39 is 0 Å². The van der Waals surface area contributed by atoms with Crippen LogP contribution in [0.1, 0.15) is 5.56 Å². The van der Waals surface area contributed by atoms with Gasteiger partial charge >= 0.3 is 0 Å². The Hall–Kier alpha value is -5.22. The lowest BCUT2D eigenvalue weighted by molar-refractivity contribution is 1.18. The number of aromatic nitrogens is 4. The number of nitrogens with zero attached hydrogens (tertiary/aromatic N) is 4. The minimum absolute atomic E-state index is 0.680. The van der Waals surface area contributed by atoms with Crippen molar-refractivity contribution in [3.8, 4) is 33.9 Å². The third-order valence-corrected chi connectivity index (χ3v) is 7.03. The van der Waals surface area contributed by atoms with Crippen molar-refractivity contribution < 1.29 is 0 Å². The molecule has 4 heteroatoms. The molecule has 7 aromatic rings. The molecule has 0 aliphatic carbocycles. The van der Waals surface area contributed by atoms with Crippen LogP contribution in [0, 0.1) is 0 Å². The number of benzene rings is 4. The number of fused-ring (bicyclic) bond motifs is 6. The van der Waals surface area contributed by atoms with Crippen LogP contribution in [0.25, 0.3) is 72.3 Å². The van der Waals surface area contributed by atoms with Crippen molar-refractivity contribution in [2.24, 2.45) is 0 Å². The SMILES string of the molecule is C=Cc1ccc2c3ccc(-c4nc(-c5ccncc5)cc(-c5ccncc5)n4)cc3c3ccccc3c2c1. The van der Waals surface area contributed by atoms with Crippen LogP contribution in [0.15, 0.2) is 122 Å². The van der Waals surface area contributed by atoms with E-state index in [-0.39, 0.29) is 0 Å². The summed E-state index contributed by atoms with van der Waals surface area (Å²) in [6.07, 6.45) is 9.04. The van der Waals surface area contributed by atoms with Gasteiger partial charge in [0, 0.05) is 41.5 Å². The highest BCUT2D eigenvalue weighted by Crippen LogP contribution is 2.37. The minimum atomic E-state index is 0.680. The van der Waals surface area contributed by atoms with Crippen molar-refractivity contribution in [2.45, 2.75) is 0 Å². The van der Waals surface area contributed by atoms with Gasteiger partial charge < -0.3 is 0 Å². The Labute approximate surface area is 220 Å². The van der Waals surface area contributed by atoms with Gasteiger partial charge in [-0.1, -0.05) is 61.2 Å². The average molecular weight is 487 g/mol. The van der Waals surface area contributed by atoms with Gasteiger partial charge in [0.15, 0.2) is 5.82 Å². The Morgan fingerprint density at radius 1 is 0.474 bits per heavy atom. The minimum Gasteiger partial charge on any atom is -0.265 e. The molecule has 38 heavy (non-hydrogen) atoms. The molecule has 0 saturated carbocycles. The van der Waals surface area contributed by atoms with Crippen molar-refractivity contribution in [3.63, 3.8) is 0 Å². The second-order valence-corrected chi connectivity index (χ2v) is 9.25. The molecule has 3 aromatic heterocycles. The summed E-state index contributed by atoms with van der Waals surface area (Å²) in [7, 11) is 0. The first kappa shape index (κ1) is 22.0. The van der Waals surface area contributed by atoms with Crippen LogP contribution in [0.3, 0.4) is 0 Å². The highest BCUT2D eigenvalue weighted by Gasteiger charge is 2.14. The van der Waals surface area contributed by atoms with Crippen LogP contribution in [-0.4, -0.2) is 19.9 Å². The molecule has 0 aliphatic rings. The smallest absolute Gasteiger partial charge is 0.160 e. The van der Waals surface area contributed by atoms with Crippen LogP contribution >= 0.6 is 0 Å². The summed E-state index contributed by atoms with van der Waals surface area (Å²) < 4.78 is 0. The predicted molar refractivity (Wildman–Crippen MR) is 157 cm³/mol. The van der Waals surface area contributed by atoms with Crippen molar-refractivity contribution in [1.29, 1.82) is 0 Å². The maximum absolute atomic E-state index is 5.01. The Kier molecular flexibility index (Phi) is 5.22. The first-order valence-corrected chi connectivity index (χ1v) is 12.5. The largest absolute Gasteiger partial charge is 0.265 e. The van der Waals surface area contributed by atoms with Gasteiger partial charge in [-0.05, 0) is 80.3 Å². The van der Waals surface area contributed by atoms with E-state index in [4.69, 9.17) is 9.97 Å². The van der Waals surface area contributed by atoms with Gasteiger partial charge in [-0.25, -0.2) is 9.97 Å². The number of hydrogen-bond donors (Lipinski definition) is 0. The average Bonchev–Trinajstić information content (AvgIpc) is 3.01. The van der Waals surface area contributed by atoms with Gasteiger partial charge in [0.1, 0.15) is 0 Å². The summed E-state index contributed by atoms with van der Waals surface area (Å²) in [6, 6.07) is 31.6. The molecule has 4 aromatic carbocycles. The molecule has 0 radical (unpaired) electrons. The normalized spacial score (nSPS) is 11.3. The summed E-state index contributed by atoms with van der Waals surface area (Å²) >= 11 is 0. The predicted octanol–water partition coefficient (Wildman–Crippen LogP) is 8.37. The molecule has 0 aliphatic heterocycles. The lowest BCUT2D eigenvalue weighted by Crippen LogP contribution is -1.96. The molecule has 3 heterocycles. The fraction of sp³-hybridized carbons (Fsp3) is 0. The number of hydrogen-bond acceptors (Lipinski definition) is 4. The number of rotatable bonds is 4. The van der Waals surface area contributed by atoms with E-state index in [0.717, 1.165) is 33.6 Å². The number of pyridine rings is 2. The van der Waals surface area contributed by atoms with Gasteiger partial charge in [-0.3, -0.25) is 9.97 Å². The molecule has 178 valence electrons. The molecule has 0 atom stereocenters. The molecule has 0 unspecified atom stereocenters. The van der Waals surface area contributed by atoms with E-state index in [9.17, 15) is 0 Å². The van der Waals surface area contributed by atoms with E-state index in [2.05, 4.69) is 77.2 Å². The van der Waals surface area contributed by atoms with Crippen LogP contribution in [-0.2, 0) is 0 Å². The fourth-order valence-corrected chi connectivity index (χ4v) is 5.16. The zero-order valence-corrected chi connectivity index (χ0v) is 20.5. The van der Waals surface area contributed by atoms with Gasteiger partial charge in [0.05, 0.1) is 11.4 Å². The molecular formula is C34H22N4. The standard InChI is InChI=1S/C34H22N4/c1-2-22-7-9-28-29-10-8-25(20-31(29)27-6-4-3-5-26(27)30(28)19-22)34-37-32(23-11-15-35-16-12-23)21-33(38-34)24-13-17-36-18-14-24/h2-21H,1H2. The molecule has 0 bridgehead atoms. The van der Waals surface area contributed by atoms with E-state index in [1.807, 2.05) is 36.4 Å². The van der Waals surface area contributed by atoms with E-state index in [0.29, 0.717) is 5.82 Å².